The maximum atomic E-state index is 14.6. The van der Waals surface area contributed by atoms with Gasteiger partial charge in [0, 0.05) is 23.3 Å². The third-order valence-electron chi connectivity index (χ3n) is 5.66. The zero-order chi connectivity index (χ0) is 24.4. The zero-order valence-corrected chi connectivity index (χ0v) is 18.4. The van der Waals surface area contributed by atoms with Crippen molar-refractivity contribution in [2.24, 2.45) is 5.73 Å². The molecule has 10 heteroatoms. The predicted molar refractivity (Wildman–Crippen MR) is 118 cm³/mol. The Bertz CT molecular complexity index is 1260. The number of fused-ring (bicyclic) bond motifs is 1. The quantitative estimate of drug-likeness (QED) is 0.511. The number of primary amides is 1. The van der Waals surface area contributed by atoms with Crippen LogP contribution in [0.1, 0.15) is 50.0 Å². The lowest BCUT2D eigenvalue weighted by Gasteiger charge is -2.31. The van der Waals surface area contributed by atoms with E-state index in [1.807, 2.05) is 0 Å². The number of alkyl halides is 2. The number of ether oxygens (including phenoxy) is 1. The van der Waals surface area contributed by atoms with Crippen LogP contribution in [-0.4, -0.2) is 28.3 Å². The second-order valence-electron chi connectivity index (χ2n) is 7.69. The molecule has 1 aromatic heterocycles. The van der Waals surface area contributed by atoms with Crippen molar-refractivity contribution in [3.8, 4) is 5.75 Å². The third kappa shape index (κ3) is 4.70. The molecule has 0 saturated carbocycles. The largest absolute Gasteiger partial charge is 0.434 e. The number of rotatable bonds is 7. The number of hydrogen-bond donors (Lipinski definition) is 1. The molecule has 1 atom stereocenters. The summed E-state index contributed by atoms with van der Waals surface area (Å²) in [6.45, 7) is -3.27. The monoisotopic (exact) mass is 489 g/mol. The molecule has 3 aromatic rings. The summed E-state index contributed by atoms with van der Waals surface area (Å²) >= 11 is 6.09. The molecule has 2 aromatic carbocycles. The van der Waals surface area contributed by atoms with Crippen molar-refractivity contribution in [2.45, 2.75) is 32.0 Å². The van der Waals surface area contributed by atoms with E-state index in [0.717, 1.165) is 0 Å². The molecule has 1 aliphatic carbocycles. The van der Waals surface area contributed by atoms with E-state index >= 15 is 0 Å². The Morgan fingerprint density at radius 3 is 2.71 bits per heavy atom. The Hall–Kier alpha value is -3.59. The minimum absolute atomic E-state index is 0.0343. The number of hydrogen-bond acceptors (Lipinski definition) is 4. The number of pyridine rings is 1. The summed E-state index contributed by atoms with van der Waals surface area (Å²) in [6, 6.07) is 10.9. The second-order valence-corrected chi connectivity index (χ2v) is 8.13. The highest BCUT2D eigenvalue weighted by atomic mass is 35.5. The van der Waals surface area contributed by atoms with Gasteiger partial charge in [0.2, 0.25) is 0 Å². The van der Waals surface area contributed by atoms with E-state index in [9.17, 15) is 22.8 Å². The van der Waals surface area contributed by atoms with Crippen molar-refractivity contribution in [1.82, 2.24) is 9.88 Å². The van der Waals surface area contributed by atoms with Crippen molar-refractivity contribution >= 4 is 23.4 Å². The Labute approximate surface area is 198 Å². The third-order valence-corrected chi connectivity index (χ3v) is 5.88. The molecule has 0 unspecified atom stereocenters. The molecular formula is C24H19ClF3N3O3. The molecule has 0 saturated heterocycles. The van der Waals surface area contributed by atoms with Crippen molar-refractivity contribution in [3.63, 3.8) is 0 Å². The van der Waals surface area contributed by atoms with Crippen molar-refractivity contribution in [1.29, 1.82) is 0 Å². The lowest BCUT2D eigenvalue weighted by Crippen LogP contribution is -2.35. The number of halogens is 4. The number of nitrogens with zero attached hydrogens (tertiary/aromatic N) is 2. The highest BCUT2D eigenvalue weighted by molar-refractivity contribution is 6.30. The van der Waals surface area contributed by atoms with E-state index in [1.165, 1.54) is 41.4 Å². The van der Waals surface area contributed by atoms with Crippen LogP contribution in [0.4, 0.5) is 13.2 Å². The Kier molecular flexibility index (Phi) is 6.74. The smallest absolute Gasteiger partial charge is 0.387 e. The number of para-hydroxylation sites is 1. The molecule has 0 spiro atoms. The number of carbonyl (C=O) groups is 2. The van der Waals surface area contributed by atoms with Crippen molar-refractivity contribution in [2.75, 3.05) is 0 Å². The van der Waals surface area contributed by atoms with E-state index in [2.05, 4.69) is 9.72 Å². The molecule has 4 rings (SSSR count). The van der Waals surface area contributed by atoms with E-state index in [4.69, 9.17) is 17.3 Å². The summed E-state index contributed by atoms with van der Waals surface area (Å²) < 4.78 is 45.1. The normalized spacial score (nSPS) is 14.7. The first-order valence-electron chi connectivity index (χ1n) is 10.3. The van der Waals surface area contributed by atoms with Gasteiger partial charge in [-0.25, -0.2) is 4.39 Å². The highest BCUT2D eigenvalue weighted by Crippen LogP contribution is 2.41. The summed E-state index contributed by atoms with van der Waals surface area (Å²) in [5.74, 6) is -2.22. The Morgan fingerprint density at radius 2 is 1.97 bits per heavy atom. The second kappa shape index (κ2) is 9.72. The SMILES string of the molecule is NC(=O)c1ncccc1CN(C(=O)c1ccccc1OC(F)F)[C@@H]1CCc2c(F)cc(Cl)cc21. The van der Waals surface area contributed by atoms with Gasteiger partial charge in [0.05, 0.1) is 11.6 Å². The van der Waals surface area contributed by atoms with E-state index in [1.54, 1.807) is 18.2 Å². The van der Waals surface area contributed by atoms with Gasteiger partial charge in [-0.15, -0.1) is 0 Å². The van der Waals surface area contributed by atoms with Gasteiger partial charge in [-0.3, -0.25) is 14.6 Å². The number of aromatic nitrogens is 1. The minimum atomic E-state index is -3.14. The Balaban J connectivity index is 1.82. The molecule has 0 radical (unpaired) electrons. The Morgan fingerprint density at radius 1 is 1.21 bits per heavy atom. The van der Waals surface area contributed by atoms with Gasteiger partial charge < -0.3 is 15.4 Å². The molecule has 1 heterocycles. The van der Waals surface area contributed by atoms with Gasteiger partial charge in [-0.2, -0.15) is 8.78 Å². The van der Waals surface area contributed by atoms with Gasteiger partial charge in [0.15, 0.2) is 0 Å². The van der Waals surface area contributed by atoms with Gasteiger partial charge in [0.1, 0.15) is 17.3 Å². The zero-order valence-electron chi connectivity index (χ0n) is 17.7. The molecule has 0 bridgehead atoms. The average molecular weight is 490 g/mol. The summed E-state index contributed by atoms with van der Waals surface area (Å²) in [4.78, 5) is 31.0. The summed E-state index contributed by atoms with van der Waals surface area (Å²) in [5, 5.41) is 0.163. The number of amides is 2. The lowest BCUT2D eigenvalue weighted by molar-refractivity contribution is -0.0503. The highest BCUT2D eigenvalue weighted by Gasteiger charge is 2.35. The molecule has 6 nitrogen and oxygen atoms in total. The van der Waals surface area contributed by atoms with Crippen molar-refractivity contribution < 1.29 is 27.5 Å². The fourth-order valence-corrected chi connectivity index (χ4v) is 4.45. The fraction of sp³-hybridized carbons (Fsp3) is 0.208. The average Bonchev–Trinajstić information content (AvgIpc) is 3.21. The first-order chi connectivity index (χ1) is 16.3. The first-order valence-corrected chi connectivity index (χ1v) is 10.7. The maximum Gasteiger partial charge on any atom is 0.387 e. The molecular weight excluding hydrogens is 471 g/mol. The number of carbonyl (C=O) groups excluding carboxylic acids is 2. The molecule has 34 heavy (non-hydrogen) atoms. The number of nitrogens with two attached hydrogens (primary N) is 1. The molecule has 2 N–H and O–H groups in total. The van der Waals surface area contributed by atoms with Crippen LogP contribution in [0.15, 0.2) is 54.7 Å². The predicted octanol–water partition coefficient (Wildman–Crippen LogP) is 4.90. The molecule has 176 valence electrons. The molecule has 2 amide bonds. The lowest BCUT2D eigenvalue weighted by atomic mass is 10.0. The van der Waals surface area contributed by atoms with E-state index in [0.29, 0.717) is 29.5 Å². The van der Waals surface area contributed by atoms with Gasteiger partial charge in [-0.05, 0) is 54.3 Å². The van der Waals surface area contributed by atoms with Crippen LogP contribution < -0.4 is 10.5 Å². The van der Waals surface area contributed by atoms with Crippen LogP contribution >= 0.6 is 11.6 Å². The van der Waals surface area contributed by atoms with Crippen LogP contribution in [0.25, 0.3) is 0 Å². The van der Waals surface area contributed by atoms with Gasteiger partial charge >= 0.3 is 6.61 Å². The maximum absolute atomic E-state index is 14.6. The fourth-order valence-electron chi connectivity index (χ4n) is 4.24. The van der Waals surface area contributed by atoms with Crippen LogP contribution in [0.2, 0.25) is 5.02 Å². The van der Waals surface area contributed by atoms with Crippen molar-refractivity contribution in [3.05, 3.63) is 93.5 Å². The molecule has 0 fully saturated rings. The molecule has 1 aliphatic rings. The molecule has 0 aliphatic heterocycles. The topological polar surface area (TPSA) is 85.5 Å². The summed E-state index contributed by atoms with van der Waals surface area (Å²) in [6.07, 6.45) is 2.10. The first kappa shape index (κ1) is 23.6. The van der Waals surface area contributed by atoms with Crippen LogP contribution in [-0.2, 0) is 13.0 Å². The standard InChI is InChI=1S/C24H19ClF3N3O3/c25-14-10-17-15(18(26)11-14)7-8-19(17)31(12-13-4-3-9-30-21(13)22(29)32)23(33)16-5-1-2-6-20(16)34-24(27)28/h1-6,9-11,19,24H,7-8,12H2,(H2,29,32)/t19-/m1/s1. The summed E-state index contributed by atoms with van der Waals surface area (Å²) in [7, 11) is 0. The van der Waals surface area contributed by atoms with Crippen LogP contribution in [0.3, 0.4) is 0 Å². The van der Waals surface area contributed by atoms with E-state index < -0.39 is 30.3 Å². The van der Waals surface area contributed by atoms with Gasteiger partial charge in [-0.1, -0.05) is 29.8 Å². The summed E-state index contributed by atoms with van der Waals surface area (Å²) in [5.41, 5.74) is 6.59. The van der Waals surface area contributed by atoms with Crippen LogP contribution in [0.5, 0.6) is 5.75 Å². The van der Waals surface area contributed by atoms with Crippen LogP contribution in [0, 0.1) is 5.82 Å². The van der Waals surface area contributed by atoms with E-state index in [-0.39, 0.29) is 28.6 Å². The minimum Gasteiger partial charge on any atom is -0.434 e. The van der Waals surface area contributed by atoms with Gasteiger partial charge in [0.25, 0.3) is 11.8 Å². The number of benzene rings is 2.